The van der Waals surface area contributed by atoms with Gasteiger partial charge in [-0.1, -0.05) is 26.7 Å². The molecule has 1 fully saturated rings. The highest BCUT2D eigenvalue weighted by Crippen LogP contribution is 2.26. The van der Waals surface area contributed by atoms with E-state index in [1.54, 1.807) is 7.11 Å². The summed E-state index contributed by atoms with van der Waals surface area (Å²) in [7, 11) is 4.05. The Bertz CT molecular complexity index is 193. The van der Waals surface area contributed by atoms with Gasteiger partial charge in [-0.05, 0) is 32.4 Å². The molecule has 3 unspecified atom stereocenters. The molecule has 0 heterocycles. The molecule has 0 aliphatic heterocycles. The van der Waals surface area contributed by atoms with Gasteiger partial charge in [0.2, 0.25) is 0 Å². The van der Waals surface area contributed by atoms with Gasteiger partial charge in [0, 0.05) is 25.7 Å². The first kappa shape index (κ1) is 14.9. The van der Waals surface area contributed by atoms with E-state index in [-0.39, 0.29) is 0 Å². The third-order valence-corrected chi connectivity index (χ3v) is 3.90. The number of hydrogen-bond donors (Lipinski definition) is 1. The maximum Gasteiger partial charge on any atom is 0.0628 e. The van der Waals surface area contributed by atoms with Crippen LogP contribution in [0.25, 0.3) is 0 Å². The number of ether oxygens (including phenoxy) is 1. The molecule has 102 valence electrons. The Balaban J connectivity index is 2.36. The van der Waals surface area contributed by atoms with Crippen molar-refractivity contribution < 1.29 is 4.74 Å². The van der Waals surface area contributed by atoms with Crippen LogP contribution < -0.4 is 5.32 Å². The number of hydrogen-bond acceptors (Lipinski definition) is 3. The van der Waals surface area contributed by atoms with Crippen LogP contribution in [0, 0.1) is 5.92 Å². The van der Waals surface area contributed by atoms with Crippen molar-refractivity contribution in [1.29, 1.82) is 0 Å². The van der Waals surface area contributed by atoms with Gasteiger partial charge in [0.1, 0.15) is 0 Å². The van der Waals surface area contributed by atoms with Crippen LogP contribution >= 0.6 is 0 Å². The number of methoxy groups -OCH3 is 1. The third-order valence-electron chi connectivity index (χ3n) is 3.90. The standard InChI is InChI=1S/C14H30N2O/c1-5-15-13(11-17-4)10-16(3)14-8-6-7-12(2)9-14/h12-15H,5-11H2,1-4H3. The summed E-state index contributed by atoms with van der Waals surface area (Å²) in [5.41, 5.74) is 0. The number of likely N-dealkylation sites (N-methyl/N-ethyl adjacent to an activating group) is 2. The molecule has 0 bridgehead atoms. The molecule has 0 spiro atoms. The molecule has 17 heavy (non-hydrogen) atoms. The van der Waals surface area contributed by atoms with E-state index in [2.05, 4.69) is 31.1 Å². The highest BCUT2D eigenvalue weighted by atomic mass is 16.5. The average molecular weight is 242 g/mol. The van der Waals surface area contributed by atoms with Crippen molar-refractivity contribution in [3.05, 3.63) is 0 Å². The normalized spacial score (nSPS) is 27.4. The molecule has 3 atom stereocenters. The fourth-order valence-corrected chi connectivity index (χ4v) is 2.97. The van der Waals surface area contributed by atoms with Crippen LogP contribution in [0.3, 0.4) is 0 Å². The van der Waals surface area contributed by atoms with Gasteiger partial charge in [0.25, 0.3) is 0 Å². The number of nitrogens with zero attached hydrogens (tertiary/aromatic N) is 1. The lowest BCUT2D eigenvalue weighted by atomic mass is 9.86. The third kappa shape index (κ3) is 5.36. The Morgan fingerprint density at radius 3 is 2.76 bits per heavy atom. The topological polar surface area (TPSA) is 24.5 Å². The Labute approximate surface area is 107 Å². The van der Waals surface area contributed by atoms with Gasteiger partial charge in [-0.2, -0.15) is 0 Å². The predicted octanol–water partition coefficient (Wildman–Crippen LogP) is 2.12. The summed E-state index contributed by atoms with van der Waals surface area (Å²) in [4.78, 5) is 2.53. The Morgan fingerprint density at radius 1 is 1.41 bits per heavy atom. The molecule has 3 heteroatoms. The monoisotopic (exact) mass is 242 g/mol. The molecule has 0 radical (unpaired) electrons. The van der Waals surface area contributed by atoms with Crippen LogP contribution in [-0.2, 0) is 4.74 Å². The molecule has 0 saturated heterocycles. The van der Waals surface area contributed by atoms with Crippen molar-refractivity contribution >= 4 is 0 Å². The van der Waals surface area contributed by atoms with Crippen LogP contribution in [0.2, 0.25) is 0 Å². The second-order valence-electron chi connectivity index (χ2n) is 5.58. The quantitative estimate of drug-likeness (QED) is 0.740. The first-order valence-corrected chi connectivity index (χ1v) is 7.09. The molecule has 1 aliphatic rings. The fraction of sp³-hybridized carbons (Fsp3) is 1.00. The van der Waals surface area contributed by atoms with Gasteiger partial charge in [-0.15, -0.1) is 0 Å². The van der Waals surface area contributed by atoms with Crippen LogP contribution in [0.4, 0.5) is 0 Å². The van der Waals surface area contributed by atoms with Crippen molar-refractivity contribution in [2.45, 2.75) is 51.6 Å². The Morgan fingerprint density at radius 2 is 2.18 bits per heavy atom. The van der Waals surface area contributed by atoms with E-state index < -0.39 is 0 Å². The molecule has 0 aromatic heterocycles. The van der Waals surface area contributed by atoms with Gasteiger partial charge in [-0.3, -0.25) is 0 Å². The molecular formula is C14H30N2O. The maximum absolute atomic E-state index is 5.28. The van der Waals surface area contributed by atoms with Crippen molar-refractivity contribution in [3.8, 4) is 0 Å². The lowest BCUT2D eigenvalue weighted by Gasteiger charge is -2.36. The largest absolute Gasteiger partial charge is 0.383 e. The fourth-order valence-electron chi connectivity index (χ4n) is 2.97. The molecule has 0 aromatic rings. The molecule has 3 nitrogen and oxygen atoms in total. The van der Waals surface area contributed by atoms with Crippen LogP contribution in [0.5, 0.6) is 0 Å². The molecule has 1 rings (SSSR count). The SMILES string of the molecule is CCNC(COC)CN(C)C1CCCC(C)C1. The maximum atomic E-state index is 5.28. The van der Waals surface area contributed by atoms with Crippen molar-refractivity contribution in [3.63, 3.8) is 0 Å². The van der Waals surface area contributed by atoms with E-state index in [9.17, 15) is 0 Å². The minimum atomic E-state index is 0.465. The van der Waals surface area contributed by atoms with Crippen LogP contribution in [0.15, 0.2) is 0 Å². The van der Waals surface area contributed by atoms with E-state index in [4.69, 9.17) is 4.74 Å². The van der Waals surface area contributed by atoms with E-state index in [0.29, 0.717) is 6.04 Å². The zero-order valence-electron chi connectivity index (χ0n) is 12.0. The summed E-state index contributed by atoms with van der Waals surface area (Å²) < 4.78 is 5.28. The highest BCUT2D eigenvalue weighted by Gasteiger charge is 2.23. The predicted molar refractivity (Wildman–Crippen MR) is 73.4 cm³/mol. The second kappa shape index (κ2) is 8.06. The minimum absolute atomic E-state index is 0.465. The molecular weight excluding hydrogens is 212 g/mol. The van der Waals surface area contributed by atoms with E-state index in [0.717, 1.165) is 31.7 Å². The van der Waals surface area contributed by atoms with E-state index in [1.165, 1.54) is 25.7 Å². The summed E-state index contributed by atoms with van der Waals surface area (Å²) in [6.45, 7) is 7.46. The molecule has 1 N–H and O–H groups in total. The van der Waals surface area contributed by atoms with Gasteiger partial charge in [-0.25, -0.2) is 0 Å². The van der Waals surface area contributed by atoms with Crippen molar-refractivity contribution in [1.82, 2.24) is 10.2 Å². The molecule has 1 saturated carbocycles. The number of nitrogens with one attached hydrogen (secondary N) is 1. The first-order chi connectivity index (χ1) is 8.17. The van der Waals surface area contributed by atoms with Gasteiger partial charge in [0.15, 0.2) is 0 Å². The zero-order valence-corrected chi connectivity index (χ0v) is 12.0. The van der Waals surface area contributed by atoms with Crippen LogP contribution in [0.1, 0.15) is 39.5 Å². The van der Waals surface area contributed by atoms with Crippen molar-refractivity contribution in [2.75, 3.05) is 33.9 Å². The summed E-state index contributed by atoms with van der Waals surface area (Å²) in [6.07, 6.45) is 5.54. The Kier molecular flexibility index (Phi) is 7.09. The smallest absolute Gasteiger partial charge is 0.0628 e. The lowest BCUT2D eigenvalue weighted by molar-refractivity contribution is 0.112. The van der Waals surface area contributed by atoms with Gasteiger partial charge < -0.3 is 15.0 Å². The molecule has 0 amide bonds. The zero-order chi connectivity index (χ0) is 12.7. The van der Waals surface area contributed by atoms with Crippen molar-refractivity contribution in [2.24, 2.45) is 5.92 Å². The minimum Gasteiger partial charge on any atom is -0.383 e. The van der Waals surface area contributed by atoms with Gasteiger partial charge >= 0.3 is 0 Å². The summed E-state index contributed by atoms with van der Waals surface area (Å²) >= 11 is 0. The molecule has 0 aromatic carbocycles. The summed E-state index contributed by atoms with van der Waals surface area (Å²) in [6, 6.07) is 1.24. The van der Waals surface area contributed by atoms with E-state index >= 15 is 0 Å². The number of rotatable bonds is 7. The summed E-state index contributed by atoms with van der Waals surface area (Å²) in [5, 5.41) is 3.50. The summed E-state index contributed by atoms with van der Waals surface area (Å²) in [5.74, 6) is 0.899. The first-order valence-electron chi connectivity index (χ1n) is 7.09. The Hall–Kier alpha value is -0.120. The second-order valence-corrected chi connectivity index (χ2v) is 5.58. The van der Waals surface area contributed by atoms with Gasteiger partial charge in [0.05, 0.1) is 6.61 Å². The van der Waals surface area contributed by atoms with E-state index in [1.807, 2.05) is 0 Å². The highest BCUT2D eigenvalue weighted by molar-refractivity contribution is 4.80. The lowest BCUT2D eigenvalue weighted by Crippen LogP contribution is -2.46. The average Bonchev–Trinajstić information content (AvgIpc) is 2.29. The molecule has 1 aliphatic carbocycles. The van der Waals surface area contributed by atoms with Crippen LogP contribution in [-0.4, -0.2) is 50.8 Å².